The van der Waals surface area contributed by atoms with Crippen LogP contribution in [0.3, 0.4) is 0 Å². The van der Waals surface area contributed by atoms with Gasteiger partial charge < -0.3 is 5.73 Å². The smallest absolute Gasteiger partial charge is 0.214 e. The van der Waals surface area contributed by atoms with Crippen molar-refractivity contribution in [1.82, 2.24) is 0 Å². The molecular formula is C29H27ClF2N2. The van der Waals surface area contributed by atoms with Crippen LogP contribution in [0.4, 0.5) is 14.5 Å². The zero-order valence-corrected chi connectivity index (χ0v) is 20.2. The van der Waals surface area contributed by atoms with Crippen molar-refractivity contribution in [2.24, 2.45) is 5.92 Å². The van der Waals surface area contributed by atoms with Crippen LogP contribution in [0.25, 0.3) is 17.2 Å². The molecule has 0 fully saturated rings. The first-order valence-electron chi connectivity index (χ1n) is 10.9. The molecule has 3 aromatic rings. The van der Waals surface area contributed by atoms with Gasteiger partial charge in [0.1, 0.15) is 5.82 Å². The molecule has 5 heteroatoms. The number of nitrogens with two attached hydrogens (primary N) is 1. The van der Waals surface area contributed by atoms with E-state index in [1.54, 1.807) is 24.3 Å². The van der Waals surface area contributed by atoms with Gasteiger partial charge in [0, 0.05) is 5.69 Å². The molecule has 0 saturated heterocycles. The fraction of sp³-hybridized carbons (Fsp3) is 0.138. The van der Waals surface area contributed by atoms with Gasteiger partial charge in [-0.15, -0.1) is 0 Å². The highest BCUT2D eigenvalue weighted by atomic mass is 35.5. The second-order valence-electron chi connectivity index (χ2n) is 8.49. The molecular weight excluding hydrogens is 450 g/mol. The zero-order chi connectivity index (χ0) is 25.0. The van der Waals surface area contributed by atoms with Crippen LogP contribution >= 0.6 is 11.6 Å². The third-order valence-electron chi connectivity index (χ3n) is 5.41. The van der Waals surface area contributed by atoms with Gasteiger partial charge in [-0.2, -0.15) is 4.39 Å². The van der Waals surface area contributed by atoms with E-state index < -0.39 is 11.8 Å². The Morgan fingerprint density at radius 1 is 1.00 bits per heavy atom. The Kier molecular flexibility index (Phi) is 7.85. The molecule has 0 bridgehead atoms. The summed E-state index contributed by atoms with van der Waals surface area (Å²) >= 11 is 6.48. The largest absolute Gasteiger partial charge is 0.398 e. The number of rotatable bonds is 7. The molecule has 3 N–H and O–H groups in total. The maximum Gasteiger partial charge on any atom is 0.214 e. The first kappa shape index (κ1) is 25.1. The van der Waals surface area contributed by atoms with Crippen molar-refractivity contribution < 1.29 is 8.78 Å². The predicted molar refractivity (Wildman–Crippen MR) is 141 cm³/mol. The molecule has 0 spiro atoms. The van der Waals surface area contributed by atoms with E-state index in [9.17, 15) is 8.78 Å². The molecule has 2 nitrogen and oxygen atoms in total. The summed E-state index contributed by atoms with van der Waals surface area (Å²) in [5.41, 5.74) is 12.0. The maximum atomic E-state index is 13.9. The molecule has 0 unspecified atom stereocenters. The standard InChI is InChI=1S/C29H27ClF2N2/c1-17(2)5-6-19-7-9-20(10-8-19)28(21-11-14-26(33)24(15-21)29(32)34)27(18(3)4)23-13-12-22(31)16-25(23)30/h5-16,18,34H,1,33H2,2-4H3/b6-5+,28-27+,34-29?. The van der Waals surface area contributed by atoms with Gasteiger partial charge in [-0.3, -0.25) is 5.41 Å². The highest BCUT2D eigenvalue weighted by molar-refractivity contribution is 6.32. The Balaban J connectivity index is 2.34. The summed E-state index contributed by atoms with van der Waals surface area (Å²) in [5.74, 6) is -1.54. The normalized spacial score (nSPS) is 12.2. The average Bonchev–Trinajstić information content (AvgIpc) is 2.77. The van der Waals surface area contributed by atoms with Gasteiger partial charge in [0.15, 0.2) is 0 Å². The van der Waals surface area contributed by atoms with Crippen LogP contribution in [0.15, 0.2) is 78.9 Å². The van der Waals surface area contributed by atoms with Gasteiger partial charge in [0.05, 0.1) is 10.6 Å². The van der Waals surface area contributed by atoms with Crippen LogP contribution in [0.5, 0.6) is 0 Å². The number of hydrogen-bond donors (Lipinski definition) is 2. The van der Waals surface area contributed by atoms with Crippen molar-refractivity contribution in [3.8, 4) is 0 Å². The molecule has 0 amide bonds. The molecule has 0 atom stereocenters. The van der Waals surface area contributed by atoms with E-state index in [2.05, 4.69) is 6.58 Å². The van der Waals surface area contributed by atoms with Gasteiger partial charge in [0.2, 0.25) is 5.97 Å². The third-order valence-corrected chi connectivity index (χ3v) is 5.72. The Morgan fingerprint density at radius 3 is 2.21 bits per heavy atom. The fourth-order valence-electron chi connectivity index (χ4n) is 3.82. The van der Waals surface area contributed by atoms with Crippen molar-refractivity contribution in [3.63, 3.8) is 0 Å². The SMILES string of the molecule is C=C(C)/C=C/c1ccc(/C(=C(\c2ccc(F)cc2Cl)C(C)C)c2ccc(N)c(C(=N)F)c2)cc1. The number of allylic oxidation sites excluding steroid dienone is 3. The van der Waals surface area contributed by atoms with Crippen molar-refractivity contribution in [1.29, 1.82) is 5.41 Å². The summed E-state index contributed by atoms with van der Waals surface area (Å²) in [4.78, 5) is 0. The summed E-state index contributed by atoms with van der Waals surface area (Å²) in [6.45, 7) is 9.85. The summed E-state index contributed by atoms with van der Waals surface area (Å²) in [6.07, 6.45) is 3.91. The summed E-state index contributed by atoms with van der Waals surface area (Å²) in [5, 5.41) is 7.79. The van der Waals surface area contributed by atoms with Crippen molar-refractivity contribution in [3.05, 3.63) is 118 Å². The molecule has 0 aliphatic heterocycles. The van der Waals surface area contributed by atoms with Gasteiger partial charge in [-0.1, -0.05) is 86.2 Å². The quantitative estimate of drug-likeness (QED) is 0.152. The highest BCUT2D eigenvalue weighted by Gasteiger charge is 2.20. The maximum absolute atomic E-state index is 13.9. The number of anilines is 1. The number of nitrogen functional groups attached to an aromatic ring is 1. The third kappa shape index (κ3) is 5.70. The fourth-order valence-corrected chi connectivity index (χ4v) is 4.09. The van der Waals surface area contributed by atoms with Gasteiger partial charge in [-0.25, -0.2) is 4.39 Å². The second kappa shape index (κ2) is 10.6. The number of halogens is 3. The lowest BCUT2D eigenvalue weighted by atomic mass is 9.83. The van der Waals surface area contributed by atoms with Crippen molar-refractivity contribution in [2.45, 2.75) is 20.8 Å². The van der Waals surface area contributed by atoms with Crippen LogP contribution in [0, 0.1) is 17.1 Å². The van der Waals surface area contributed by atoms with Gasteiger partial charge in [0.25, 0.3) is 0 Å². The molecule has 0 aliphatic carbocycles. The number of benzene rings is 3. The molecule has 174 valence electrons. The molecule has 0 saturated carbocycles. The molecule has 0 radical (unpaired) electrons. The Morgan fingerprint density at radius 2 is 1.65 bits per heavy atom. The number of nitrogens with one attached hydrogen (secondary N) is 1. The monoisotopic (exact) mass is 476 g/mol. The van der Waals surface area contributed by atoms with Gasteiger partial charge >= 0.3 is 0 Å². The second-order valence-corrected chi connectivity index (χ2v) is 8.89. The van der Waals surface area contributed by atoms with Crippen LogP contribution < -0.4 is 5.73 Å². The summed E-state index contributed by atoms with van der Waals surface area (Å²) in [7, 11) is 0. The lowest BCUT2D eigenvalue weighted by Gasteiger charge is -2.22. The van der Waals surface area contributed by atoms with Crippen LogP contribution in [0.2, 0.25) is 5.02 Å². The van der Waals surface area contributed by atoms with E-state index in [1.165, 1.54) is 12.1 Å². The molecule has 0 heterocycles. The first-order chi connectivity index (χ1) is 16.1. The summed E-state index contributed by atoms with van der Waals surface area (Å²) < 4.78 is 27.8. The first-order valence-corrected chi connectivity index (χ1v) is 11.2. The molecule has 3 rings (SSSR count). The summed E-state index contributed by atoms with van der Waals surface area (Å²) in [6, 6.07) is 17.2. The lowest BCUT2D eigenvalue weighted by Crippen LogP contribution is -2.04. The Bertz CT molecular complexity index is 1300. The Hall–Kier alpha value is -3.50. The van der Waals surface area contributed by atoms with E-state index in [1.807, 2.05) is 57.2 Å². The van der Waals surface area contributed by atoms with E-state index in [4.69, 9.17) is 22.7 Å². The molecule has 34 heavy (non-hydrogen) atoms. The minimum atomic E-state index is -1.11. The minimum Gasteiger partial charge on any atom is -0.398 e. The molecule has 0 aliphatic rings. The van der Waals surface area contributed by atoms with Crippen molar-refractivity contribution >= 4 is 40.5 Å². The highest BCUT2D eigenvalue weighted by Crippen LogP contribution is 2.40. The van der Waals surface area contributed by atoms with E-state index in [0.29, 0.717) is 11.1 Å². The average molecular weight is 477 g/mol. The molecule has 3 aromatic carbocycles. The number of hydrogen-bond acceptors (Lipinski definition) is 2. The lowest BCUT2D eigenvalue weighted by molar-refractivity contribution is 0.627. The minimum absolute atomic E-state index is 0.00761. The van der Waals surface area contributed by atoms with Crippen LogP contribution in [-0.4, -0.2) is 5.97 Å². The van der Waals surface area contributed by atoms with Gasteiger partial charge in [-0.05, 0) is 70.5 Å². The molecule has 0 aromatic heterocycles. The predicted octanol–water partition coefficient (Wildman–Crippen LogP) is 8.56. The van der Waals surface area contributed by atoms with E-state index >= 15 is 0 Å². The Labute approximate surface area is 204 Å². The van der Waals surface area contributed by atoms with E-state index in [-0.39, 0.29) is 22.2 Å². The van der Waals surface area contributed by atoms with Crippen LogP contribution in [-0.2, 0) is 0 Å². The topological polar surface area (TPSA) is 49.9 Å². The van der Waals surface area contributed by atoms with E-state index in [0.717, 1.165) is 27.8 Å². The van der Waals surface area contributed by atoms with Crippen LogP contribution in [0.1, 0.15) is 48.6 Å². The zero-order valence-electron chi connectivity index (χ0n) is 19.4. The van der Waals surface area contributed by atoms with Crippen molar-refractivity contribution in [2.75, 3.05) is 5.73 Å².